The molecule has 0 atom stereocenters. The standard InChI is InChI=1S/C18H30N6O2/c1-23(2)17(25)15-22-18(21-14-16-6-3-4-7-19-16)20-8-5-9-24-10-12-26-13-11-24/h3-4,6-7H,5,8-15H2,1-2H3,(H2,20,21,22). The second kappa shape index (κ2) is 11.4. The maximum atomic E-state index is 11.8. The summed E-state index contributed by atoms with van der Waals surface area (Å²) in [4.78, 5) is 24.6. The number of carbonyl (C=O) groups excluding carboxylic acids is 1. The second-order valence-electron chi connectivity index (χ2n) is 6.36. The predicted molar refractivity (Wildman–Crippen MR) is 102 cm³/mol. The van der Waals surface area contributed by atoms with Crippen molar-refractivity contribution >= 4 is 11.9 Å². The summed E-state index contributed by atoms with van der Waals surface area (Å²) >= 11 is 0. The lowest BCUT2D eigenvalue weighted by atomic mass is 10.3. The number of guanidine groups is 1. The number of ether oxygens (including phenoxy) is 1. The van der Waals surface area contributed by atoms with Gasteiger partial charge in [0.25, 0.3) is 0 Å². The molecule has 0 aliphatic carbocycles. The van der Waals surface area contributed by atoms with Crippen LogP contribution in [0.15, 0.2) is 29.4 Å². The molecule has 8 nitrogen and oxygen atoms in total. The Labute approximate surface area is 155 Å². The Morgan fingerprint density at radius 2 is 2.12 bits per heavy atom. The van der Waals surface area contributed by atoms with Gasteiger partial charge >= 0.3 is 0 Å². The lowest BCUT2D eigenvalue weighted by Gasteiger charge is -2.26. The van der Waals surface area contributed by atoms with Crippen molar-refractivity contribution in [2.75, 3.05) is 60.0 Å². The third-order valence-corrected chi connectivity index (χ3v) is 4.08. The molecule has 1 aromatic heterocycles. The van der Waals surface area contributed by atoms with Crippen LogP contribution in [0.3, 0.4) is 0 Å². The minimum absolute atomic E-state index is 0.00523. The zero-order valence-electron chi connectivity index (χ0n) is 15.8. The van der Waals surface area contributed by atoms with Crippen molar-refractivity contribution in [3.63, 3.8) is 0 Å². The van der Waals surface area contributed by atoms with Gasteiger partial charge in [-0.15, -0.1) is 0 Å². The van der Waals surface area contributed by atoms with E-state index in [1.54, 1.807) is 25.2 Å². The highest BCUT2D eigenvalue weighted by Gasteiger charge is 2.10. The Hall–Kier alpha value is -2.19. The third-order valence-electron chi connectivity index (χ3n) is 4.08. The topological polar surface area (TPSA) is 82.1 Å². The van der Waals surface area contributed by atoms with Crippen molar-refractivity contribution in [1.29, 1.82) is 0 Å². The first-order valence-electron chi connectivity index (χ1n) is 9.07. The number of amides is 1. The molecule has 1 aliphatic heterocycles. The Kier molecular flexibility index (Phi) is 8.85. The van der Waals surface area contributed by atoms with Gasteiger partial charge in [0.15, 0.2) is 5.96 Å². The Morgan fingerprint density at radius 1 is 1.31 bits per heavy atom. The van der Waals surface area contributed by atoms with Gasteiger partial charge in [-0.3, -0.25) is 14.7 Å². The van der Waals surface area contributed by atoms with Crippen molar-refractivity contribution in [3.8, 4) is 0 Å². The number of aromatic nitrogens is 1. The zero-order chi connectivity index (χ0) is 18.6. The molecule has 0 radical (unpaired) electrons. The quantitative estimate of drug-likeness (QED) is 0.383. The van der Waals surface area contributed by atoms with Crippen molar-refractivity contribution in [2.45, 2.75) is 13.0 Å². The van der Waals surface area contributed by atoms with Crippen LogP contribution in [0.4, 0.5) is 0 Å². The zero-order valence-corrected chi connectivity index (χ0v) is 15.8. The molecule has 0 saturated carbocycles. The second-order valence-corrected chi connectivity index (χ2v) is 6.36. The van der Waals surface area contributed by atoms with Crippen molar-refractivity contribution in [3.05, 3.63) is 30.1 Å². The van der Waals surface area contributed by atoms with Crippen LogP contribution < -0.4 is 10.6 Å². The maximum Gasteiger partial charge on any atom is 0.241 e. The van der Waals surface area contributed by atoms with E-state index < -0.39 is 0 Å². The molecule has 8 heteroatoms. The number of hydrogen-bond acceptors (Lipinski definition) is 5. The van der Waals surface area contributed by atoms with Gasteiger partial charge in [-0.25, -0.2) is 4.99 Å². The van der Waals surface area contributed by atoms with E-state index in [2.05, 4.69) is 25.5 Å². The molecule has 1 amide bonds. The number of aliphatic imine (C=N–C) groups is 1. The summed E-state index contributed by atoms with van der Waals surface area (Å²) in [6, 6.07) is 5.76. The number of hydrogen-bond donors (Lipinski definition) is 2. The fraction of sp³-hybridized carbons (Fsp3) is 0.611. The summed E-state index contributed by atoms with van der Waals surface area (Å²) in [5.74, 6) is 0.637. The van der Waals surface area contributed by atoms with E-state index in [0.717, 1.165) is 51.5 Å². The van der Waals surface area contributed by atoms with Crippen LogP contribution in [0.25, 0.3) is 0 Å². The van der Waals surface area contributed by atoms with Gasteiger partial charge < -0.3 is 20.3 Å². The van der Waals surface area contributed by atoms with Crippen molar-refractivity contribution in [1.82, 2.24) is 25.4 Å². The van der Waals surface area contributed by atoms with E-state index in [0.29, 0.717) is 12.5 Å². The molecule has 2 heterocycles. The summed E-state index contributed by atoms with van der Waals surface area (Å²) in [6.07, 6.45) is 2.76. The Balaban J connectivity index is 1.79. The highest BCUT2D eigenvalue weighted by molar-refractivity contribution is 5.86. The number of pyridine rings is 1. The highest BCUT2D eigenvalue weighted by atomic mass is 16.5. The first-order valence-corrected chi connectivity index (χ1v) is 9.07. The van der Waals surface area contributed by atoms with E-state index in [1.807, 2.05) is 18.2 Å². The lowest BCUT2D eigenvalue weighted by Crippen LogP contribution is -2.44. The number of carbonyl (C=O) groups is 1. The molecular formula is C18H30N6O2. The van der Waals surface area contributed by atoms with E-state index in [9.17, 15) is 4.79 Å². The van der Waals surface area contributed by atoms with Gasteiger partial charge in [0, 0.05) is 39.9 Å². The normalized spacial score (nSPS) is 15.5. The lowest BCUT2D eigenvalue weighted by molar-refractivity contribution is -0.127. The minimum atomic E-state index is 0.00523. The van der Waals surface area contributed by atoms with Crippen LogP contribution >= 0.6 is 0 Å². The van der Waals surface area contributed by atoms with Crippen LogP contribution in [0.2, 0.25) is 0 Å². The SMILES string of the molecule is CN(C)C(=O)CNC(=NCc1ccccn1)NCCCN1CCOCC1. The van der Waals surface area contributed by atoms with Gasteiger partial charge in [-0.1, -0.05) is 6.07 Å². The molecule has 1 saturated heterocycles. The molecule has 2 rings (SSSR count). The van der Waals surface area contributed by atoms with Crippen LogP contribution in [-0.4, -0.2) is 86.7 Å². The number of nitrogens with one attached hydrogen (secondary N) is 2. The summed E-state index contributed by atoms with van der Waals surface area (Å²) in [7, 11) is 3.48. The van der Waals surface area contributed by atoms with E-state index >= 15 is 0 Å². The van der Waals surface area contributed by atoms with Crippen LogP contribution in [0, 0.1) is 0 Å². The van der Waals surface area contributed by atoms with Gasteiger partial charge in [0.1, 0.15) is 0 Å². The molecule has 2 N–H and O–H groups in total. The molecule has 1 aliphatic rings. The number of rotatable bonds is 8. The molecule has 0 aromatic carbocycles. The molecule has 1 aromatic rings. The summed E-state index contributed by atoms with van der Waals surface area (Å²) in [5.41, 5.74) is 0.890. The van der Waals surface area contributed by atoms with Crippen LogP contribution in [-0.2, 0) is 16.1 Å². The molecule has 0 spiro atoms. The van der Waals surface area contributed by atoms with Crippen LogP contribution in [0.5, 0.6) is 0 Å². The number of morpholine rings is 1. The first-order chi connectivity index (χ1) is 12.6. The third kappa shape index (κ3) is 7.79. The number of likely N-dealkylation sites (N-methyl/N-ethyl adjacent to an activating group) is 1. The fourth-order valence-electron chi connectivity index (χ4n) is 2.48. The Morgan fingerprint density at radius 3 is 2.81 bits per heavy atom. The Bertz CT molecular complexity index is 558. The number of nitrogens with zero attached hydrogens (tertiary/aromatic N) is 4. The van der Waals surface area contributed by atoms with Crippen LogP contribution in [0.1, 0.15) is 12.1 Å². The predicted octanol–water partition coefficient (Wildman–Crippen LogP) is -0.0727. The minimum Gasteiger partial charge on any atom is -0.379 e. The first kappa shape index (κ1) is 20.1. The average Bonchev–Trinajstić information content (AvgIpc) is 2.67. The summed E-state index contributed by atoms with van der Waals surface area (Å²) < 4.78 is 5.36. The van der Waals surface area contributed by atoms with Crippen molar-refractivity contribution in [2.24, 2.45) is 4.99 Å². The fourth-order valence-corrected chi connectivity index (χ4v) is 2.48. The highest BCUT2D eigenvalue weighted by Crippen LogP contribution is 1.98. The molecule has 144 valence electrons. The van der Waals surface area contributed by atoms with Crippen molar-refractivity contribution < 1.29 is 9.53 Å². The molecule has 26 heavy (non-hydrogen) atoms. The molecule has 1 fully saturated rings. The monoisotopic (exact) mass is 362 g/mol. The van der Waals surface area contributed by atoms with Gasteiger partial charge in [0.05, 0.1) is 32.0 Å². The molecular weight excluding hydrogens is 332 g/mol. The van der Waals surface area contributed by atoms with Gasteiger partial charge in [0.2, 0.25) is 5.91 Å². The van der Waals surface area contributed by atoms with Gasteiger partial charge in [-0.05, 0) is 25.1 Å². The summed E-state index contributed by atoms with van der Waals surface area (Å²) in [5, 5.41) is 6.40. The molecule has 0 unspecified atom stereocenters. The van der Waals surface area contributed by atoms with Gasteiger partial charge in [-0.2, -0.15) is 0 Å². The van der Waals surface area contributed by atoms with E-state index in [4.69, 9.17) is 4.74 Å². The smallest absolute Gasteiger partial charge is 0.241 e. The largest absolute Gasteiger partial charge is 0.379 e. The summed E-state index contributed by atoms with van der Waals surface area (Å²) in [6.45, 7) is 6.13. The molecule has 0 bridgehead atoms. The van der Waals surface area contributed by atoms with E-state index in [-0.39, 0.29) is 12.5 Å². The van der Waals surface area contributed by atoms with E-state index in [1.165, 1.54) is 0 Å². The average molecular weight is 362 g/mol. The maximum absolute atomic E-state index is 11.8.